The Bertz CT molecular complexity index is 1060. The summed E-state index contributed by atoms with van der Waals surface area (Å²) in [4.78, 5) is 18.3. The highest BCUT2D eigenvalue weighted by Crippen LogP contribution is 2.31. The van der Waals surface area contributed by atoms with E-state index in [1.54, 1.807) is 18.7 Å². The van der Waals surface area contributed by atoms with Gasteiger partial charge < -0.3 is 9.88 Å². The number of aromatic amines is 1. The fraction of sp³-hybridized carbons (Fsp3) is 0.435. The molecule has 0 unspecified atom stereocenters. The van der Waals surface area contributed by atoms with Gasteiger partial charge in [0, 0.05) is 37.6 Å². The lowest BCUT2D eigenvalue weighted by atomic mass is 10.0. The number of sulfonamides is 1. The summed E-state index contributed by atoms with van der Waals surface area (Å²) in [7, 11) is -3.78. The maximum Gasteiger partial charge on any atom is 0.257 e. The molecule has 0 saturated carbocycles. The van der Waals surface area contributed by atoms with E-state index in [0.717, 1.165) is 30.4 Å². The lowest BCUT2D eigenvalue weighted by Crippen LogP contribution is -2.39. The third-order valence-corrected chi connectivity index (χ3v) is 8.13. The van der Waals surface area contributed by atoms with E-state index < -0.39 is 10.0 Å². The molecule has 0 bridgehead atoms. The van der Waals surface area contributed by atoms with Crippen LogP contribution in [0.5, 0.6) is 0 Å². The lowest BCUT2D eigenvalue weighted by Gasteiger charge is -2.29. The molecule has 2 aliphatic heterocycles. The summed E-state index contributed by atoms with van der Waals surface area (Å²) >= 11 is 0. The Labute approximate surface area is 178 Å². The van der Waals surface area contributed by atoms with E-state index in [2.05, 4.69) is 4.98 Å². The molecule has 0 aliphatic carbocycles. The predicted molar refractivity (Wildman–Crippen MR) is 118 cm³/mol. The van der Waals surface area contributed by atoms with Gasteiger partial charge in [0.2, 0.25) is 10.0 Å². The van der Waals surface area contributed by atoms with Crippen molar-refractivity contribution in [2.75, 3.05) is 26.2 Å². The minimum absolute atomic E-state index is 0.145. The largest absolute Gasteiger partial charge is 0.361 e. The molecule has 30 heavy (non-hydrogen) atoms. The van der Waals surface area contributed by atoms with Gasteiger partial charge >= 0.3 is 0 Å². The number of amides is 1. The molecule has 160 valence electrons. The second-order valence-corrected chi connectivity index (χ2v) is 10.0. The molecule has 1 N–H and O–H groups in total. The van der Waals surface area contributed by atoms with Crippen LogP contribution in [0, 0.1) is 13.8 Å². The van der Waals surface area contributed by atoms with Crippen LogP contribution < -0.4 is 0 Å². The van der Waals surface area contributed by atoms with Crippen molar-refractivity contribution in [2.24, 2.45) is 0 Å². The number of nitrogens with zero attached hydrogens (tertiary/aromatic N) is 2. The van der Waals surface area contributed by atoms with Crippen LogP contribution in [0.15, 0.2) is 41.3 Å². The number of nitrogens with one attached hydrogen (secondary N) is 1. The molecule has 4 rings (SSSR count). The summed E-state index contributed by atoms with van der Waals surface area (Å²) in [6, 6.07) is 10.0. The molecule has 1 aromatic heterocycles. The number of hydrogen-bond donors (Lipinski definition) is 1. The van der Waals surface area contributed by atoms with E-state index in [0.29, 0.717) is 49.6 Å². The first-order chi connectivity index (χ1) is 14.4. The summed E-state index contributed by atoms with van der Waals surface area (Å²) < 4.78 is 28.6. The Morgan fingerprint density at radius 3 is 2.30 bits per heavy atom. The minimum Gasteiger partial charge on any atom is -0.361 e. The average molecular weight is 428 g/mol. The van der Waals surface area contributed by atoms with Crippen LogP contribution in [0.4, 0.5) is 0 Å². The molecular formula is C23H29N3O3S. The Morgan fingerprint density at radius 1 is 0.967 bits per heavy atom. The van der Waals surface area contributed by atoms with Crippen molar-refractivity contribution in [1.29, 1.82) is 0 Å². The van der Waals surface area contributed by atoms with Crippen molar-refractivity contribution in [3.05, 3.63) is 58.9 Å². The van der Waals surface area contributed by atoms with Crippen LogP contribution in [0.25, 0.3) is 5.57 Å². The van der Waals surface area contributed by atoms with Crippen molar-refractivity contribution in [2.45, 2.75) is 44.4 Å². The normalized spacial score (nSPS) is 18.3. The quantitative estimate of drug-likeness (QED) is 0.808. The van der Waals surface area contributed by atoms with Crippen LogP contribution in [0.3, 0.4) is 0 Å². The van der Waals surface area contributed by atoms with Gasteiger partial charge in [-0.1, -0.05) is 36.4 Å². The minimum atomic E-state index is -3.78. The number of carbonyl (C=O) groups is 1. The highest BCUT2D eigenvalue weighted by atomic mass is 32.2. The molecule has 0 atom stereocenters. The third kappa shape index (κ3) is 3.84. The van der Waals surface area contributed by atoms with Crippen LogP contribution in [-0.4, -0.2) is 54.7 Å². The molecule has 2 aromatic rings. The van der Waals surface area contributed by atoms with Crippen LogP contribution in [0.2, 0.25) is 0 Å². The molecule has 1 saturated heterocycles. The second-order valence-electron chi connectivity index (χ2n) is 8.14. The number of aromatic nitrogens is 1. The number of benzene rings is 1. The Hall–Kier alpha value is -2.38. The highest BCUT2D eigenvalue weighted by Gasteiger charge is 2.36. The molecular weight excluding hydrogens is 398 g/mol. The van der Waals surface area contributed by atoms with Crippen molar-refractivity contribution < 1.29 is 13.2 Å². The molecule has 1 amide bonds. The van der Waals surface area contributed by atoms with Crippen molar-refractivity contribution in [3.63, 3.8) is 0 Å². The van der Waals surface area contributed by atoms with E-state index in [1.807, 2.05) is 36.4 Å². The number of hydrogen-bond acceptors (Lipinski definition) is 3. The molecule has 1 aromatic carbocycles. The number of rotatable bonds is 4. The van der Waals surface area contributed by atoms with Gasteiger partial charge in [-0.05, 0) is 50.7 Å². The molecule has 0 radical (unpaired) electrons. The van der Waals surface area contributed by atoms with Gasteiger partial charge in [0.1, 0.15) is 4.90 Å². The third-order valence-electron chi connectivity index (χ3n) is 6.09. The van der Waals surface area contributed by atoms with E-state index >= 15 is 0 Å². The number of carbonyl (C=O) groups excluding carboxylic acids is 1. The zero-order valence-corrected chi connectivity index (χ0v) is 18.5. The Kier molecular flexibility index (Phi) is 5.84. The molecule has 0 spiro atoms. The molecule has 6 nitrogen and oxygen atoms in total. The maximum atomic E-state index is 13.6. The van der Waals surface area contributed by atoms with Crippen LogP contribution in [-0.2, 0) is 10.0 Å². The molecule has 7 heteroatoms. The van der Waals surface area contributed by atoms with Crippen LogP contribution >= 0.6 is 0 Å². The van der Waals surface area contributed by atoms with Crippen molar-refractivity contribution in [3.8, 4) is 0 Å². The Morgan fingerprint density at radius 2 is 1.67 bits per heavy atom. The predicted octanol–water partition coefficient (Wildman–Crippen LogP) is 3.74. The fourth-order valence-electron chi connectivity index (χ4n) is 4.51. The van der Waals surface area contributed by atoms with Crippen molar-refractivity contribution >= 4 is 21.5 Å². The summed E-state index contributed by atoms with van der Waals surface area (Å²) in [6.07, 6.45) is 5.69. The van der Waals surface area contributed by atoms with Gasteiger partial charge in [0.25, 0.3) is 5.91 Å². The van der Waals surface area contributed by atoms with Gasteiger partial charge in [-0.2, -0.15) is 4.31 Å². The monoisotopic (exact) mass is 427 g/mol. The summed E-state index contributed by atoms with van der Waals surface area (Å²) in [5.41, 5.74) is 3.76. The smallest absolute Gasteiger partial charge is 0.257 e. The fourth-order valence-corrected chi connectivity index (χ4v) is 6.30. The topological polar surface area (TPSA) is 73.5 Å². The van der Waals surface area contributed by atoms with E-state index in [4.69, 9.17) is 0 Å². The zero-order valence-electron chi connectivity index (χ0n) is 17.6. The number of aryl methyl sites for hydroxylation is 2. The summed E-state index contributed by atoms with van der Waals surface area (Å²) in [5, 5.41) is 0. The number of likely N-dealkylation sites (tertiary alicyclic amines) is 1. The molecule has 3 heterocycles. The SMILES string of the molecule is Cc1[nH]c(C)c(S(=O)(=O)N2CC=C(c3ccccc3)CC2)c1C(=O)N1CCCCC1. The van der Waals surface area contributed by atoms with Gasteiger partial charge in [0.15, 0.2) is 0 Å². The standard InChI is InChI=1S/C23H29N3O3S/c1-17-21(23(27)25-13-7-4-8-14-25)22(18(2)24-17)30(28,29)26-15-11-20(12-16-26)19-9-5-3-6-10-19/h3,5-6,9-11,24H,4,7-8,12-16H2,1-2H3. The number of H-pyrrole nitrogens is 1. The first kappa shape index (κ1) is 20.9. The average Bonchev–Trinajstić information content (AvgIpc) is 3.09. The van der Waals surface area contributed by atoms with E-state index in [-0.39, 0.29) is 10.8 Å². The van der Waals surface area contributed by atoms with E-state index in [9.17, 15) is 13.2 Å². The maximum absolute atomic E-state index is 13.6. The highest BCUT2D eigenvalue weighted by molar-refractivity contribution is 7.89. The first-order valence-electron chi connectivity index (χ1n) is 10.6. The second kappa shape index (κ2) is 8.40. The van der Waals surface area contributed by atoms with Gasteiger partial charge in [-0.3, -0.25) is 4.79 Å². The summed E-state index contributed by atoms with van der Waals surface area (Å²) in [6.45, 7) is 5.62. The van der Waals surface area contributed by atoms with Crippen molar-refractivity contribution in [1.82, 2.24) is 14.2 Å². The van der Waals surface area contributed by atoms with Gasteiger partial charge in [-0.15, -0.1) is 0 Å². The Balaban J connectivity index is 1.64. The zero-order chi connectivity index (χ0) is 21.3. The van der Waals surface area contributed by atoms with Crippen LogP contribution in [0.1, 0.15) is 53.0 Å². The lowest BCUT2D eigenvalue weighted by molar-refractivity contribution is 0.0720. The van der Waals surface area contributed by atoms with Gasteiger partial charge in [-0.25, -0.2) is 8.42 Å². The molecule has 2 aliphatic rings. The van der Waals surface area contributed by atoms with Gasteiger partial charge in [0.05, 0.1) is 5.56 Å². The first-order valence-corrected chi connectivity index (χ1v) is 12.1. The van der Waals surface area contributed by atoms with E-state index in [1.165, 1.54) is 4.31 Å². The number of piperidine rings is 1. The molecule has 1 fully saturated rings. The summed E-state index contributed by atoms with van der Waals surface area (Å²) in [5.74, 6) is -0.173.